The number of halogens is 1. The Morgan fingerprint density at radius 3 is 2.19 bits per heavy atom. The summed E-state index contributed by atoms with van der Waals surface area (Å²) in [5.41, 5.74) is 1.95. The van der Waals surface area contributed by atoms with Crippen molar-refractivity contribution in [2.45, 2.75) is 16.1 Å². The van der Waals surface area contributed by atoms with Crippen molar-refractivity contribution >= 4 is 26.0 Å². The molecule has 0 aliphatic heterocycles. The molecule has 2 rings (SSSR count). The standard InChI is InChI=1S/C16H18BrNO2S/c1-18(2)21(19,20)16-11-7-6-10-14(16)12-15(17)13-8-4-3-5-9-13/h3-11,15H,12H2,1-2H3. The zero-order chi connectivity index (χ0) is 15.5. The number of rotatable bonds is 5. The molecule has 0 bridgehead atoms. The van der Waals surface area contributed by atoms with E-state index in [0.717, 1.165) is 11.1 Å². The molecule has 3 nitrogen and oxygen atoms in total. The minimum atomic E-state index is -3.42. The molecule has 0 aromatic heterocycles. The summed E-state index contributed by atoms with van der Waals surface area (Å²) in [6, 6.07) is 17.1. The highest BCUT2D eigenvalue weighted by Crippen LogP contribution is 2.30. The van der Waals surface area contributed by atoms with Crippen LogP contribution in [-0.2, 0) is 16.4 Å². The first-order valence-corrected chi connectivity index (χ1v) is 8.98. The number of hydrogen-bond acceptors (Lipinski definition) is 2. The Morgan fingerprint density at radius 1 is 1.00 bits per heavy atom. The summed E-state index contributed by atoms with van der Waals surface area (Å²) >= 11 is 3.65. The molecule has 0 heterocycles. The Hall–Kier alpha value is -1.17. The van der Waals surface area contributed by atoms with E-state index in [2.05, 4.69) is 15.9 Å². The molecule has 1 unspecified atom stereocenters. The number of nitrogens with zero attached hydrogens (tertiary/aromatic N) is 1. The first-order chi connectivity index (χ1) is 9.93. The molecule has 0 saturated heterocycles. The van der Waals surface area contributed by atoms with Crippen LogP contribution in [0.2, 0.25) is 0 Å². The molecule has 0 aliphatic carbocycles. The van der Waals surface area contributed by atoms with Crippen molar-refractivity contribution in [3.63, 3.8) is 0 Å². The topological polar surface area (TPSA) is 37.4 Å². The van der Waals surface area contributed by atoms with Crippen LogP contribution in [0.1, 0.15) is 16.0 Å². The smallest absolute Gasteiger partial charge is 0.207 e. The Labute approximate surface area is 134 Å². The van der Waals surface area contributed by atoms with E-state index in [4.69, 9.17) is 0 Å². The van der Waals surface area contributed by atoms with Gasteiger partial charge in [0.15, 0.2) is 0 Å². The van der Waals surface area contributed by atoms with Crippen molar-refractivity contribution < 1.29 is 8.42 Å². The zero-order valence-electron chi connectivity index (χ0n) is 12.0. The Kier molecular flexibility index (Phi) is 5.19. The molecular weight excluding hydrogens is 350 g/mol. The first-order valence-electron chi connectivity index (χ1n) is 6.62. The summed E-state index contributed by atoms with van der Waals surface area (Å²) in [6.07, 6.45) is 0.618. The van der Waals surface area contributed by atoms with Crippen LogP contribution in [0.4, 0.5) is 0 Å². The largest absolute Gasteiger partial charge is 0.242 e. The fourth-order valence-electron chi connectivity index (χ4n) is 2.09. The SMILES string of the molecule is CN(C)S(=O)(=O)c1ccccc1CC(Br)c1ccccc1. The van der Waals surface area contributed by atoms with Gasteiger partial charge in [0.1, 0.15) is 0 Å². The molecule has 0 spiro atoms. The lowest BCUT2D eigenvalue weighted by Crippen LogP contribution is -2.23. The van der Waals surface area contributed by atoms with Crippen LogP contribution in [0.15, 0.2) is 59.5 Å². The molecule has 5 heteroatoms. The van der Waals surface area contributed by atoms with Crippen molar-refractivity contribution in [2.75, 3.05) is 14.1 Å². The molecular formula is C16H18BrNO2S. The van der Waals surface area contributed by atoms with Gasteiger partial charge in [-0.05, 0) is 23.6 Å². The van der Waals surface area contributed by atoms with Gasteiger partial charge in [0.2, 0.25) is 10.0 Å². The van der Waals surface area contributed by atoms with Crippen LogP contribution >= 0.6 is 15.9 Å². The van der Waals surface area contributed by atoms with Crippen LogP contribution in [0.5, 0.6) is 0 Å². The van der Waals surface area contributed by atoms with Gasteiger partial charge >= 0.3 is 0 Å². The van der Waals surface area contributed by atoms with Crippen molar-refractivity contribution in [3.8, 4) is 0 Å². The number of benzene rings is 2. The first kappa shape index (κ1) is 16.2. The number of sulfonamides is 1. The molecule has 0 fully saturated rings. The van der Waals surface area contributed by atoms with Gasteiger partial charge in [-0.2, -0.15) is 0 Å². The lowest BCUT2D eigenvalue weighted by molar-refractivity contribution is 0.519. The highest BCUT2D eigenvalue weighted by Gasteiger charge is 2.22. The van der Waals surface area contributed by atoms with Gasteiger partial charge in [-0.3, -0.25) is 0 Å². The van der Waals surface area contributed by atoms with E-state index in [1.807, 2.05) is 42.5 Å². The van der Waals surface area contributed by atoms with E-state index in [1.165, 1.54) is 4.31 Å². The van der Waals surface area contributed by atoms with Crippen LogP contribution in [0.3, 0.4) is 0 Å². The molecule has 1 atom stereocenters. The predicted molar refractivity (Wildman–Crippen MR) is 89.1 cm³/mol. The number of alkyl halides is 1. The van der Waals surface area contributed by atoms with Crippen molar-refractivity contribution in [1.29, 1.82) is 0 Å². The van der Waals surface area contributed by atoms with Crippen LogP contribution in [0.25, 0.3) is 0 Å². The highest BCUT2D eigenvalue weighted by molar-refractivity contribution is 9.09. The monoisotopic (exact) mass is 367 g/mol. The molecule has 0 N–H and O–H groups in total. The van der Waals surface area contributed by atoms with Gasteiger partial charge in [-0.15, -0.1) is 0 Å². The summed E-state index contributed by atoms with van der Waals surface area (Å²) in [5, 5.41) is 0. The summed E-state index contributed by atoms with van der Waals surface area (Å²) in [7, 11) is -0.322. The number of hydrogen-bond donors (Lipinski definition) is 0. The highest BCUT2D eigenvalue weighted by atomic mass is 79.9. The molecule has 0 radical (unpaired) electrons. The third-order valence-electron chi connectivity index (χ3n) is 3.29. The van der Waals surface area contributed by atoms with Crippen molar-refractivity contribution in [2.24, 2.45) is 0 Å². The van der Waals surface area contributed by atoms with E-state index in [1.54, 1.807) is 26.2 Å². The van der Waals surface area contributed by atoms with E-state index in [0.29, 0.717) is 11.3 Å². The average Bonchev–Trinajstić information content (AvgIpc) is 2.48. The Balaban J connectivity index is 2.34. The van der Waals surface area contributed by atoms with Gasteiger partial charge in [-0.1, -0.05) is 64.5 Å². The van der Waals surface area contributed by atoms with Gasteiger partial charge in [0.25, 0.3) is 0 Å². The van der Waals surface area contributed by atoms with E-state index in [9.17, 15) is 8.42 Å². The van der Waals surface area contributed by atoms with Crippen LogP contribution in [0, 0.1) is 0 Å². The molecule has 0 saturated carbocycles. The van der Waals surface area contributed by atoms with Crippen molar-refractivity contribution in [3.05, 3.63) is 65.7 Å². The van der Waals surface area contributed by atoms with Gasteiger partial charge in [0, 0.05) is 18.9 Å². The van der Waals surface area contributed by atoms with Gasteiger partial charge in [0.05, 0.1) is 4.90 Å². The fraction of sp³-hybridized carbons (Fsp3) is 0.250. The van der Waals surface area contributed by atoms with E-state index < -0.39 is 10.0 Å². The summed E-state index contributed by atoms with van der Waals surface area (Å²) < 4.78 is 26.0. The normalized spacial score (nSPS) is 13.3. The quantitative estimate of drug-likeness (QED) is 0.756. The molecule has 0 amide bonds. The third kappa shape index (κ3) is 3.73. The van der Waals surface area contributed by atoms with Crippen LogP contribution < -0.4 is 0 Å². The fourth-order valence-corrected chi connectivity index (χ4v) is 3.87. The molecule has 0 aliphatic rings. The second-order valence-electron chi connectivity index (χ2n) is 4.98. The maximum absolute atomic E-state index is 12.4. The average molecular weight is 368 g/mol. The van der Waals surface area contributed by atoms with E-state index >= 15 is 0 Å². The Morgan fingerprint density at radius 2 is 1.57 bits per heavy atom. The molecule has 21 heavy (non-hydrogen) atoms. The second-order valence-corrected chi connectivity index (χ2v) is 8.20. The summed E-state index contributed by atoms with van der Waals surface area (Å²) in [4.78, 5) is 0.451. The van der Waals surface area contributed by atoms with Gasteiger partial charge in [-0.25, -0.2) is 12.7 Å². The minimum Gasteiger partial charge on any atom is -0.207 e. The molecule has 112 valence electrons. The summed E-state index contributed by atoms with van der Waals surface area (Å²) in [6.45, 7) is 0. The maximum atomic E-state index is 12.4. The van der Waals surface area contributed by atoms with Gasteiger partial charge < -0.3 is 0 Å². The lowest BCUT2D eigenvalue weighted by atomic mass is 10.0. The van der Waals surface area contributed by atoms with E-state index in [-0.39, 0.29) is 4.83 Å². The summed E-state index contributed by atoms with van der Waals surface area (Å²) in [5.74, 6) is 0. The predicted octanol–water partition coefficient (Wildman–Crippen LogP) is 3.62. The molecule has 2 aromatic carbocycles. The zero-order valence-corrected chi connectivity index (χ0v) is 14.4. The minimum absolute atomic E-state index is 0.0808. The second kappa shape index (κ2) is 6.73. The van der Waals surface area contributed by atoms with Crippen molar-refractivity contribution in [1.82, 2.24) is 4.31 Å². The third-order valence-corrected chi connectivity index (χ3v) is 6.06. The maximum Gasteiger partial charge on any atom is 0.242 e. The lowest BCUT2D eigenvalue weighted by Gasteiger charge is -2.17. The molecule has 2 aromatic rings. The van der Waals surface area contributed by atoms with Crippen LogP contribution in [-0.4, -0.2) is 26.8 Å². The Bertz CT molecular complexity index is 699.